The third-order valence-electron chi connectivity index (χ3n) is 3.29. The Hall–Kier alpha value is -0.530. The Morgan fingerprint density at radius 3 is 2.29 bits per heavy atom. The first-order chi connectivity index (χ1) is 6.50. The van der Waals surface area contributed by atoms with Gasteiger partial charge < -0.3 is 5.32 Å². The second kappa shape index (κ2) is 4.81. The Morgan fingerprint density at radius 1 is 1.21 bits per heavy atom. The van der Waals surface area contributed by atoms with Crippen molar-refractivity contribution in [3.8, 4) is 0 Å². The molecular weight excluding hydrogens is 174 g/mol. The Balaban J connectivity index is 2.32. The van der Waals surface area contributed by atoms with Gasteiger partial charge in [0, 0.05) is 12.0 Å². The van der Waals surface area contributed by atoms with Gasteiger partial charge in [0.1, 0.15) is 0 Å². The van der Waals surface area contributed by atoms with Crippen LogP contribution in [0.25, 0.3) is 0 Å². The van der Waals surface area contributed by atoms with Gasteiger partial charge in [-0.05, 0) is 31.1 Å². The van der Waals surface area contributed by atoms with Crippen molar-refractivity contribution in [2.45, 2.75) is 53.0 Å². The molecule has 1 aliphatic carbocycles. The standard InChI is InChI=1S/C12H23NO/c1-8(2)10-5-6-11(7-10)13-12(14)9(3)4/h8-11H,5-7H2,1-4H3,(H,13,14)/t10-,11+/m1/s1. The van der Waals surface area contributed by atoms with E-state index in [2.05, 4.69) is 19.2 Å². The molecule has 82 valence electrons. The van der Waals surface area contributed by atoms with Gasteiger partial charge in [0.2, 0.25) is 5.91 Å². The van der Waals surface area contributed by atoms with Gasteiger partial charge in [-0.25, -0.2) is 0 Å². The second-order valence-electron chi connectivity index (χ2n) is 5.18. The van der Waals surface area contributed by atoms with Crippen molar-refractivity contribution < 1.29 is 4.79 Å². The molecule has 0 spiro atoms. The van der Waals surface area contributed by atoms with Gasteiger partial charge in [-0.1, -0.05) is 27.7 Å². The number of rotatable bonds is 3. The van der Waals surface area contributed by atoms with E-state index in [1.807, 2.05) is 13.8 Å². The fourth-order valence-corrected chi connectivity index (χ4v) is 2.12. The Bertz CT molecular complexity index is 198. The number of hydrogen-bond donors (Lipinski definition) is 1. The summed E-state index contributed by atoms with van der Waals surface area (Å²) in [4.78, 5) is 11.5. The lowest BCUT2D eigenvalue weighted by Crippen LogP contribution is -2.35. The molecule has 0 aromatic heterocycles. The van der Waals surface area contributed by atoms with E-state index >= 15 is 0 Å². The van der Waals surface area contributed by atoms with E-state index in [1.54, 1.807) is 0 Å². The van der Waals surface area contributed by atoms with E-state index in [4.69, 9.17) is 0 Å². The number of hydrogen-bond acceptors (Lipinski definition) is 1. The summed E-state index contributed by atoms with van der Waals surface area (Å²) < 4.78 is 0. The average molecular weight is 197 g/mol. The average Bonchev–Trinajstić information content (AvgIpc) is 2.52. The number of nitrogens with one attached hydrogen (secondary N) is 1. The molecule has 2 nitrogen and oxygen atoms in total. The van der Waals surface area contributed by atoms with Crippen LogP contribution in [-0.2, 0) is 4.79 Å². The normalized spacial score (nSPS) is 27.3. The van der Waals surface area contributed by atoms with Crippen LogP contribution in [0.5, 0.6) is 0 Å². The molecule has 0 bridgehead atoms. The summed E-state index contributed by atoms with van der Waals surface area (Å²) >= 11 is 0. The highest BCUT2D eigenvalue weighted by molar-refractivity contribution is 5.78. The molecule has 2 atom stereocenters. The number of carbonyl (C=O) groups is 1. The lowest BCUT2D eigenvalue weighted by atomic mass is 9.94. The third-order valence-corrected chi connectivity index (χ3v) is 3.29. The molecule has 1 fully saturated rings. The molecule has 1 rings (SSSR count). The van der Waals surface area contributed by atoms with E-state index < -0.39 is 0 Å². The molecule has 0 heterocycles. The Morgan fingerprint density at radius 2 is 1.86 bits per heavy atom. The Kier molecular flexibility index (Phi) is 3.97. The molecule has 1 amide bonds. The van der Waals surface area contributed by atoms with Crippen molar-refractivity contribution >= 4 is 5.91 Å². The summed E-state index contributed by atoms with van der Waals surface area (Å²) in [5.74, 6) is 1.90. The van der Waals surface area contributed by atoms with Crippen molar-refractivity contribution in [1.29, 1.82) is 0 Å². The SMILES string of the molecule is CC(C)C(=O)N[C@H]1CC[C@@H](C(C)C)C1. The zero-order valence-electron chi connectivity index (χ0n) is 9.84. The lowest BCUT2D eigenvalue weighted by molar-refractivity contribution is -0.124. The van der Waals surface area contributed by atoms with E-state index in [-0.39, 0.29) is 11.8 Å². The van der Waals surface area contributed by atoms with Gasteiger partial charge in [-0.2, -0.15) is 0 Å². The quantitative estimate of drug-likeness (QED) is 0.740. The predicted octanol–water partition coefficient (Wildman–Crippen LogP) is 2.58. The van der Waals surface area contributed by atoms with Gasteiger partial charge in [0.05, 0.1) is 0 Å². The molecular formula is C12H23NO. The zero-order valence-corrected chi connectivity index (χ0v) is 9.84. The summed E-state index contributed by atoms with van der Waals surface area (Å²) in [5, 5.41) is 3.12. The van der Waals surface area contributed by atoms with Gasteiger partial charge in [-0.15, -0.1) is 0 Å². The van der Waals surface area contributed by atoms with Gasteiger partial charge in [0.25, 0.3) is 0 Å². The molecule has 0 unspecified atom stereocenters. The largest absolute Gasteiger partial charge is 0.353 e. The highest BCUT2D eigenvalue weighted by Crippen LogP contribution is 2.31. The molecule has 0 aromatic carbocycles. The van der Waals surface area contributed by atoms with Crippen LogP contribution in [0.4, 0.5) is 0 Å². The fourth-order valence-electron chi connectivity index (χ4n) is 2.12. The summed E-state index contributed by atoms with van der Waals surface area (Å²) in [7, 11) is 0. The van der Waals surface area contributed by atoms with Crippen LogP contribution < -0.4 is 5.32 Å². The monoisotopic (exact) mass is 197 g/mol. The molecule has 1 aliphatic rings. The van der Waals surface area contributed by atoms with Crippen LogP contribution in [0.3, 0.4) is 0 Å². The molecule has 0 aliphatic heterocycles. The maximum absolute atomic E-state index is 11.5. The predicted molar refractivity (Wildman–Crippen MR) is 58.9 cm³/mol. The third kappa shape index (κ3) is 3.00. The van der Waals surface area contributed by atoms with Crippen molar-refractivity contribution in [3.05, 3.63) is 0 Å². The number of carbonyl (C=O) groups excluding carboxylic acids is 1. The summed E-state index contributed by atoms with van der Waals surface area (Å²) in [6, 6.07) is 0.442. The minimum atomic E-state index is 0.119. The molecule has 2 heteroatoms. The van der Waals surface area contributed by atoms with Crippen LogP contribution in [0.2, 0.25) is 0 Å². The van der Waals surface area contributed by atoms with Crippen LogP contribution in [0.15, 0.2) is 0 Å². The molecule has 1 saturated carbocycles. The first kappa shape index (κ1) is 11.5. The summed E-state index contributed by atoms with van der Waals surface area (Å²) in [6.07, 6.45) is 3.62. The topological polar surface area (TPSA) is 29.1 Å². The molecule has 0 saturated heterocycles. The highest BCUT2D eigenvalue weighted by Gasteiger charge is 2.27. The van der Waals surface area contributed by atoms with Gasteiger partial charge in [0.15, 0.2) is 0 Å². The fraction of sp³-hybridized carbons (Fsp3) is 0.917. The van der Waals surface area contributed by atoms with Crippen LogP contribution in [0, 0.1) is 17.8 Å². The molecule has 14 heavy (non-hydrogen) atoms. The highest BCUT2D eigenvalue weighted by atomic mass is 16.1. The van der Waals surface area contributed by atoms with E-state index in [1.165, 1.54) is 19.3 Å². The second-order valence-corrected chi connectivity index (χ2v) is 5.18. The number of amides is 1. The van der Waals surface area contributed by atoms with Crippen LogP contribution in [0.1, 0.15) is 47.0 Å². The van der Waals surface area contributed by atoms with Crippen molar-refractivity contribution in [2.75, 3.05) is 0 Å². The van der Waals surface area contributed by atoms with E-state index in [0.717, 1.165) is 11.8 Å². The van der Waals surface area contributed by atoms with Gasteiger partial charge >= 0.3 is 0 Å². The zero-order chi connectivity index (χ0) is 10.7. The minimum Gasteiger partial charge on any atom is -0.353 e. The minimum absolute atomic E-state index is 0.119. The smallest absolute Gasteiger partial charge is 0.222 e. The molecule has 0 aromatic rings. The Labute approximate surface area is 87.5 Å². The van der Waals surface area contributed by atoms with Crippen molar-refractivity contribution in [2.24, 2.45) is 17.8 Å². The van der Waals surface area contributed by atoms with E-state index in [0.29, 0.717) is 6.04 Å². The lowest BCUT2D eigenvalue weighted by Gasteiger charge is -2.16. The summed E-state index contributed by atoms with van der Waals surface area (Å²) in [5.41, 5.74) is 0. The first-order valence-electron chi connectivity index (χ1n) is 5.81. The van der Waals surface area contributed by atoms with E-state index in [9.17, 15) is 4.79 Å². The van der Waals surface area contributed by atoms with Gasteiger partial charge in [-0.3, -0.25) is 4.79 Å². The van der Waals surface area contributed by atoms with Crippen LogP contribution in [-0.4, -0.2) is 11.9 Å². The molecule has 1 N–H and O–H groups in total. The van der Waals surface area contributed by atoms with Crippen molar-refractivity contribution in [1.82, 2.24) is 5.32 Å². The van der Waals surface area contributed by atoms with Crippen molar-refractivity contribution in [3.63, 3.8) is 0 Å². The summed E-state index contributed by atoms with van der Waals surface area (Å²) in [6.45, 7) is 8.45. The first-order valence-corrected chi connectivity index (χ1v) is 5.81. The van der Waals surface area contributed by atoms with Crippen LogP contribution >= 0.6 is 0 Å². The molecule has 0 radical (unpaired) electrons. The maximum atomic E-state index is 11.5. The maximum Gasteiger partial charge on any atom is 0.222 e.